The zero-order valence-electron chi connectivity index (χ0n) is 12.9. The van der Waals surface area contributed by atoms with Gasteiger partial charge in [-0.05, 0) is 44.0 Å². The van der Waals surface area contributed by atoms with Gasteiger partial charge in [-0.2, -0.15) is 0 Å². The van der Waals surface area contributed by atoms with Crippen molar-refractivity contribution in [2.45, 2.75) is 44.9 Å². The van der Waals surface area contributed by atoms with Crippen LogP contribution in [0.4, 0.5) is 0 Å². The highest BCUT2D eigenvalue weighted by atomic mass is 16.4. The molecule has 0 unspecified atom stereocenters. The van der Waals surface area contributed by atoms with E-state index in [4.69, 9.17) is 0 Å². The molecule has 0 radical (unpaired) electrons. The fraction of sp³-hybridized carbons (Fsp3) is 0.647. The first-order valence-corrected chi connectivity index (χ1v) is 7.93. The molecule has 0 amide bonds. The molecule has 0 spiro atoms. The number of aromatic nitrogens is 1. The van der Waals surface area contributed by atoms with Gasteiger partial charge in [0.2, 0.25) is 0 Å². The molecule has 1 aromatic heterocycles. The Bertz CT molecular complexity index is 439. The van der Waals surface area contributed by atoms with E-state index in [1.54, 1.807) is 12.4 Å². The van der Waals surface area contributed by atoms with Crippen molar-refractivity contribution in [3.05, 3.63) is 30.1 Å². The van der Waals surface area contributed by atoms with Crippen LogP contribution in [0.2, 0.25) is 0 Å². The molecular formula is C17H26N2O2. The molecular weight excluding hydrogens is 264 g/mol. The lowest BCUT2D eigenvalue weighted by atomic mass is 9.80. The number of hydrogen-bond donors (Lipinski definition) is 1. The van der Waals surface area contributed by atoms with Crippen molar-refractivity contribution in [2.24, 2.45) is 5.41 Å². The largest absolute Gasteiger partial charge is 0.481 e. The van der Waals surface area contributed by atoms with E-state index in [0.29, 0.717) is 6.54 Å². The monoisotopic (exact) mass is 290 g/mol. The van der Waals surface area contributed by atoms with E-state index in [-0.39, 0.29) is 0 Å². The second-order valence-corrected chi connectivity index (χ2v) is 6.34. The van der Waals surface area contributed by atoms with Gasteiger partial charge in [0.15, 0.2) is 0 Å². The van der Waals surface area contributed by atoms with E-state index in [2.05, 4.69) is 9.88 Å². The van der Waals surface area contributed by atoms with E-state index in [0.717, 1.165) is 38.6 Å². The Balaban J connectivity index is 1.91. The van der Waals surface area contributed by atoms with Crippen molar-refractivity contribution in [1.82, 2.24) is 9.88 Å². The molecule has 0 aromatic carbocycles. The second-order valence-electron chi connectivity index (χ2n) is 6.34. The van der Waals surface area contributed by atoms with E-state index in [9.17, 15) is 9.90 Å². The molecule has 0 atom stereocenters. The number of nitrogens with zero attached hydrogens (tertiary/aromatic N) is 2. The van der Waals surface area contributed by atoms with Crippen LogP contribution in [0.3, 0.4) is 0 Å². The van der Waals surface area contributed by atoms with E-state index < -0.39 is 11.4 Å². The van der Waals surface area contributed by atoms with Gasteiger partial charge in [0, 0.05) is 25.5 Å². The maximum absolute atomic E-state index is 11.8. The average molecular weight is 290 g/mol. The molecule has 1 saturated carbocycles. The number of hydrogen-bond acceptors (Lipinski definition) is 3. The maximum Gasteiger partial charge on any atom is 0.310 e. The van der Waals surface area contributed by atoms with Gasteiger partial charge in [-0.3, -0.25) is 9.78 Å². The number of pyridine rings is 1. The first kappa shape index (κ1) is 16.0. The Morgan fingerprint density at radius 2 is 1.86 bits per heavy atom. The Kier molecular flexibility index (Phi) is 5.74. The molecule has 21 heavy (non-hydrogen) atoms. The molecule has 0 saturated heterocycles. The van der Waals surface area contributed by atoms with Crippen LogP contribution in [0.1, 0.15) is 44.1 Å². The van der Waals surface area contributed by atoms with Crippen molar-refractivity contribution < 1.29 is 9.90 Å². The standard InChI is InChI=1S/C17H26N2O2/c1-19(13-8-15-6-11-18-12-7-15)14-17(16(20)21)9-4-2-3-5-10-17/h6-7,11-12H,2-5,8-10,13-14H2,1H3,(H,20,21). The third-order valence-corrected chi connectivity index (χ3v) is 4.62. The summed E-state index contributed by atoms with van der Waals surface area (Å²) in [7, 11) is 2.04. The molecule has 1 fully saturated rings. The van der Waals surface area contributed by atoms with Gasteiger partial charge in [0.05, 0.1) is 5.41 Å². The highest BCUT2D eigenvalue weighted by Crippen LogP contribution is 2.36. The van der Waals surface area contributed by atoms with Crippen molar-refractivity contribution >= 4 is 5.97 Å². The van der Waals surface area contributed by atoms with Crippen LogP contribution in [0, 0.1) is 5.41 Å². The topological polar surface area (TPSA) is 53.4 Å². The van der Waals surface area contributed by atoms with Crippen LogP contribution in [0.15, 0.2) is 24.5 Å². The smallest absolute Gasteiger partial charge is 0.310 e. The molecule has 2 rings (SSSR count). The Hall–Kier alpha value is -1.42. The average Bonchev–Trinajstić information content (AvgIpc) is 2.73. The van der Waals surface area contributed by atoms with Gasteiger partial charge in [0.1, 0.15) is 0 Å². The number of carboxylic acids is 1. The minimum Gasteiger partial charge on any atom is -0.481 e. The molecule has 1 N–H and O–H groups in total. The Labute approximate surface area is 127 Å². The van der Waals surface area contributed by atoms with Gasteiger partial charge < -0.3 is 10.0 Å². The van der Waals surface area contributed by atoms with Crippen molar-refractivity contribution in [1.29, 1.82) is 0 Å². The summed E-state index contributed by atoms with van der Waals surface area (Å²) in [6, 6.07) is 4.04. The summed E-state index contributed by atoms with van der Waals surface area (Å²) in [5.41, 5.74) is 0.714. The fourth-order valence-corrected chi connectivity index (χ4v) is 3.31. The van der Waals surface area contributed by atoms with Gasteiger partial charge in [-0.25, -0.2) is 0 Å². The number of carboxylic acid groups (broad SMARTS) is 1. The fourth-order valence-electron chi connectivity index (χ4n) is 3.31. The number of rotatable bonds is 6. The third kappa shape index (κ3) is 4.53. The highest BCUT2D eigenvalue weighted by molar-refractivity contribution is 5.75. The number of carbonyl (C=O) groups is 1. The minimum absolute atomic E-state index is 0.538. The molecule has 1 aliphatic rings. The summed E-state index contributed by atoms with van der Waals surface area (Å²) in [5, 5.41) is 9.71. The summed E-state index contributed by atoms with van der Waals surface area (Å²) in [6.07, 6.45) is 10.6. The number of likely N-dealkylation sites (N-methyl/N-ethyl adjacent to an activating group) is 1. The molecule has 4 heteroatoms. The third-order valence-electron chi connectivity index (χ3n) is 4.62. The molecule has 0 bridgehead atoms. The summed E-state index contributed by atoms with van der Waals surface area (Å²) in [5.74, 6) is -0.611. The van der Waals surface area contributed by atoms with Gasteiger partial charge in [-0.1, -0.05) is 25.7 Å². The van der Waals surface area contributed by atoms with Crippen LogP contribution < -0.4 is 0 Å². The predicted octanol–water partition coefficient (Wildman–Crippen LogP) is 2.98. The van der Waals surface area contributed by atoms with E-state index in [1.165, 1.54) is 18.4 Å². The van der Waals surface area contributed by atoms with Crippen LogP contribution in [0.25, 0.3) is 0 Å². The molecule has 1 heterocycles. The molecule has 116 valence electrons. The first-order chi connectivity index (χ1) is 10.1. The van der Waals surface area contributed by atoms with Gasteiger partial charge in [-0.15, -0.1) is 0 Å². The van der Waals surface area contributed by atoms with Crippen molar-refractivity contribution in [2.75, 3.05) is 20.1 Å². The summed E-state index contributed by atoms with van der Waals surface area (Å²) in [4.78, 5) is 18.0. The predicted molar refractivity (Wildman–Crippen MR) is 83.2 cm³/mol. The van der Waals surface area contributed by atoms with Gasteiger partial charge in [0.25, 0.3) is 0 Å². The van der Waals surface area contributed by atoms with E-state index >= 15 is 0 Å². The van der Waals surface area contributed by atoms with Crippen LogP contribution >= 0.6 is 0 Å². The molecule has 1 aliphatic carbocycles. The normalized spacial score (nSPS) is 18.4. The lowest BCUT2D eigenvalue weighted by Gasteiger charge is -2.32. The SMILES string of the molecule is CN(CCc1ccncc1)CC1(C(=O)O)CCCCCC1. The van der Waals surface area contributed by atoms with Gasteiger partial charge >= 0.3 is 5.97 Å². The quantitative estimate of drug-likeness (QED) is 0.818. The lowest BCUT2D eigenvalue weighted by molar-refractivity contribution is -0.151. The van der Waals surface area contributed by atoms with E-state index in [1.807, 2.05) is 19.2 Å². The zero-order valence-corrected chi connectivity index (χ0v) is 12.9. The molecule has 4 nitrogen and oxygen atoms in total. The zero-order chi connectivity index (χ0) is 15.1. The Morgan fingerprint density at radius 3 is 2.43 bits per heavy atom. The highest BCUT2D eigenvalue weighted by Gasteiger charge is 2.39. The second kappa shape index (κ2) is 7.55. The van der Waals surface area contributed by atoms with Crippen LogP contribution in [-0.2, 0) is 11.2 Å². The Morgan fingerprint density at radius 1 is 1.24 bits per heavy atom. The molecule has 0 aliphatic heterocycles. The number of aliphatic carboxylic acids is 1. The lowest BCUT2D eigenvalue weighted by Crippen LogP contribution is -2.42. The van der Waals surface area contributed by atoms with Crippen LogP contribution in [-0.4, -0.2) is 41.1 Å². The maximum atomic E-state index is 11.8. The summed E-state index contributed by atoms with van der Waals surface area (Å²) in [6.45, 7) is 1.55. The van der Waals surface area contributed by atoms with Crippen molar-refractivity contribution in [3.8, 4) is 0 Å². The summed E-state index contributed by atoms with van der Waals surface area (Å²) >= 11 is 0. The summed E-state index contributed by atoms with van der Waals surface area (Å²) < 4.78 is 0. The molecule has 1 aromatic rings. The first-order valence-electron chi connectivity index (χ1n) is 7.93. The minimum atomic E-state index is -0.611. The van der Waals surface area contributed by atoms with Crippen LogP contribution in [0.5, 0.6) is 0 Å². The van der Waals surface area contributed by atoms with Crippen molar-refractivity contribution in [3.63, 3.8) is 0 Å².